The van der Waals surface area contributed by atoms with Crippen LogP contribution in [-0.2, 0) is 11.3 Å². The summed E-state index contributed by atoms with van der Waals surface area (Å²) >= 11 is 8.82. The van der Waals surface area contributed by atoms with Crippen molar-refractivity contribution in [3.8, 4) is 0 Å². The van der Waals surface area contributed by atoms with E-state index in [1.807, 2.05) is 55.5 Å². The monoisotopic (exact) mass is 506 g/mol. The van der Waals surface area contributed by atoms with E-state index in [9.17, 15) is 9.59 Å². The smallest absolute Gasteiger partial charge is 0.272 e. The summed E-state index contributed by atoms with van der Waals surface area (Å²) in [6, 6.07) is 18.9. The second-order valence-electron chi connectivity index (χ2n) is 7.73. The van der Waals surface area contributed by atoms with Crippen molar-refractivity contribution in [1.82, 2.24) is 14.5 Å². The molecule has 0 aliphatic carbocycles. The van der Waals surface area contributed by atoms with E-state index in [2.05, 4.69) is 10.3 Å². The summed E-state index contributed by atoms with van der Waals surface area (Å²) < 4.78 is 2.19. The number of halogens is 1. The number of thioether (sulfide) groups is 1. The van der Waals surface area contributed by atoms with Crippen molar-refractivity contribution in [3.05, 3.63) is 93.4 Å². The first-order chi connectivity index (χ1) is 16.5. The molecule has 6 nitrogen and oxygen atoms in total. The van der Waals surface area contributed by atoms with Crippen molar-refractivity contribution in [1.29, 1.82) is 0 Å². The van der Waals surface area contributed by atoms with Crippen LogP contribution in [0.25, 0.3) is 20.4 Å². The van der Waals surface area contributed by atoms with E-state index < -0.39 is 0 Å². The number of benzene rings is 2. The van der Waals surface area contributed by atoms with Crippen LogP contribution in [0.5, 0.6) is 0 Å². The Morgan fingerprint density at radius 3 is 2.76 bits per heavy atom. The molecule has 1 amide bonds. The summed E-state index contributed by atoms with van der Waals surface area (Å²) in [6.07, 6.45) is 1.70. The van der Waals surface area contributed by atoms with Gasteiger partial charge in [0.2, 0.25) is 5.91 Å². The standard InChI is InChI=1S/C25H19ClN4O2S2/c1-15-9-10-19(18(26)12-15)28-20(31)14-33-25-29-21-17-8-5-11-27-23(17)34-22(21)24(32)30(25)13-16-6-3-2-4-7-16/h2-12H,13-14H2,1H3,(H,28,31). The Morgan fingerprint density at radius 1 is 1.15 bits per heavy atom. The predicted octanol–water partition coefficient (Wildman–Crippen LogP) is 5.75. The zero-order chi connectivity index (χ0) is 23.7. The summed E-state index contributed by atoms with van der Waals surface area (Å²) in [5.74, 6) is -0.148. The Balaban J connectivity index is 1.50. The van der Waals surface area contributed by atoms with E-state index in [0.29, 0.717) is 32.6 Å². The Morgan fingerprint density at radius 2 is 1.97 bits per heavy atom. The molecular formula is C25H19ClN4O2S2. The van der Waals surface area contributed by atoms with Crippen LogP contribution < -0.4 is 10.9 Å². The second-order valence-corrected chi connectivity index (χ2v) is 10.1. The Labute approximate surface area is 208 Å². The molecule has 3 heterocycles. The van der Waals surface area contributed by atoms with Crippen molar-refractivity contribution >= 4 is 66.7 Å². The van der Waals surface area contributed by atoms with Gasteiger partial charge in [0.25, 0.3) is 5.56 Å². The van der Waals surface area contributed by atoms with Crippen LogP contribution in [0.1, 0.15) is 11.1 Å². The van der Waals surface area contributed by atoms with Crippen molar-refractivity contribution < 1.29 is 4.79 Å². The molecule has 5 rings (SSSR count). The molecule has 0 fully saturated rings. The number of carbonyl (C=O) groups excluding carboxylic acids is 1. The van der Waals surface area contributed by atoms with Gasteiger partial charge in [0.05, 0.1) is 28.5 Å². The highest BCUT2D eigenvalue weighted by Gasteiger charge is 2.18. The normalized spacial score (nSPS) is 11.2. The van der Waals surface area contributed by atoms with E-state index in [0.717, 1.165) is 21.3 Å². The molecule has 0 saturated carbocycles. The average molecular weight is 507 g/mol. The third-order valence-corrected chi connectivity index (χ3v) is 7.61. The Kier molecular flexibility index (Phi) is 6.36. The fourth-order valence-corrected chi connectivity index (χ4v) is 5.70. The topological polar surface area (TPSA) is 76.9 Å². The number of rotatable bonds is 6. The fourth-order valence-electron chi connectivity index (χ4n) is 3.59. The molecule has 0 spiro atoms. The van der Waals surface area contributed by atoms with Crippen LogP contribution in [0.15, 0.2) is 76.8 Å². The van der Waals surface area contributed by atoms with Gasteiger partial charge in [-0.25, -0.2) is 9.97 Å². The van der Waals surface area contributed by atoms with Gasteiger partial charge in [-0.15, -0.1) is 11.3 Å². The Bertz CT molecular complexity index is 1580. The third kappa shape index (κ3) is 4.57. The average Bonchev–Trinajstić information content (AvgIpc) is 3.21. The van der Waals surface area contributed by atoms with Crippen molar-refractivity contribution in [3.63, 3.8) is 0 Å². The number of fused-ring (bicyclic) bond motifs is 3. The highest BCUT2D eigenvalue weighted by Crippen LogP contribution is 2.31. The minimum atomic E-state index is -0.229. The van der Waals surface area contributed by atoms with Gasteiger partial charge in [-0.1, -0.05) is 59.8 Å². The maximum atomic E-state index is 13.5. The first-order valence-corrected chi connectivity index (χ1v) is 12.7. The summed E-state index contributed by atoms with van der Waals surface area (Å²) in [5.41, 5.74) is 3.02. The molecule has 3 aromatic heterocycles. The maximum absolute atomic E-state index is 13.5. The zero-order valence-corrected chi connectivity index (χ0v) is 20.5. The van der Waals surface area contributed by atoms with Crippen molar-refractivity contribution in [2.24, 2.45) is 0 Å². The van der Waals surface area contributed by atoms with E-state index in [1.165, 1.54) is 23.1 Å². The summed E-state index contributed by atoms with van der Waals surface area (Å²) in [6.45, 7) is 2.29. The van der Waals surface area contributed by atoms with Crippen molar-refractivity contribution in [2.75, 3.05) is 11.1 Å². The number of hydrogen-bond donors (Lipinski definition) is 1. The number of thiophene rings is 1. The predicted molar refractivity (Wildman–Crippen MR) is 140 cm³/mol. The number of amides is 1. The highest BCUT2D eigenvalue weighted by molar-refractivity contribution is 7.99. The number of aromatic nitrogens is 3. The molecule has 1 N–H and O–H groups in total. The first kappa shape index (κ1) is 22.6. The molecular weight excluding hydrogens is 488 g/mol. The van der Waals surface area contributed by atoms with E-state index in [-0.39, 0.29) is 17.2 Å². The van der Waals surface area contributed by atoms with Crippen LogP contribution >= 0.6 is 34.7 Å². The van der Waals surface area contributed by atoms with Gasteiger partial charge in [0, 0.05) is 11.6 Å². The van der Waals surface area contributed by atoms with Gasteiger partial charge in [0.1, 0.15) is 9.53 Å². The van der Waals surface area contributed by atoms with Gasteiger partial charge in [-0.3, -0.25) is 14.2 Å². The number of anilines is 1. The van der Waals surface area contributed by atoms with Gasteiger partial charge < -0.3 is 5.32 Å². The molecule has 0 atom stereocenters. The van der Waals surface area contributed by atoms with Crippen molar-refractivity contribution in [2.45, 2.75) is 18.6 Å². The maximum Gasteiger partial charge on any atom is 0.272 e. The number of pyridine rings is 1. The molecule has 5 aromatic rings. The molecule has 0 aliphatic heterocycles. The second kappa shape index (κ2) is 9.58. The largest absolute Gasteiger partial charge is 0.324 e. The molecule has 0 saturated heterocycles. The Hall–Kier alpha value is -3.20. The lowest BCUT2D eigenvalue weighted by atomic mass is 10.2. The molecule has 0 radical (unpaired) electrons. The zero-order valence-electron chi connectivity index (χ0n) is 18.1. The quantitative estimate of drug-likeness (QED) is 0.234. The minimum absolute atomic E-state index is 0.0806. The molecule has 170 valence electrons. The van der Waals surface area contributed by atoms with Gasteiger partial charge in [-0.2, -0.15) is 0 Å². The lowest BCUT2D eigenvalue weighted by Crippen LogP contribution is -2.24. The molecule has 0 aliphatic rings. The summed E-state index contributed by atoms with van der Waals surface area (Å²) in [4.78, 5) is 36.2. The third-order valence-electron chi connectivity index (χ3n) is 5.23. The van der Waals surface area contributed by atoms with Crippen LogP contribution in [0.3, 0.4) is 0 Å². The minimum Gasteiger partial charge on any atom is -0.324 e. The lowest BCUT2D eigenvalue weighted by Gasteiger charge is -2.13. The van der Waals surface area contributed by atoms with E-state index in [1.54, 1.807) is 22.9 Å². The number of nitrogens with one attached hydrogen (secondary N) is 1. The van der Waals surface area contributed by atoms with E-state index in [4.69, 9.17) is 16.6 Å². The van der Waals surface area contributed by atoms with Gasteiger partial charge >= 0.3 is 0 Å². The van der Waals surface area contributed by atoms with Crippen LogP contribution in [0.4, 0.5) is 5.69 Å². The van der Waals surface area contributed by atoms with E-state index >= 15 is 0 Å². The van der Waals surface area contributed by atoms with Gasteiger partial charge in [0.15, 0.2) is 5.16 Å². The number of nitrogens with zero attached hydrogens (tertiary/aromatic N) is 3. The fraction of sp³-hybridized carbons (Fsp3) is 0.120. The van der Waals surface area contributed by atoms with Crippen LogP contribution in [0.2, 0.25) is 5.02 Å². The summed E-state index contributed by atoms with van der Waals surface area (Å²) in [7, 11) is 0. The molecule has 2 aromatic carbocycles. The lowest BCUT2D eigenvalue weighted by molar-refractivity contribution is -0.113. The van der Waals surface area contributed by atoms with Crippen LogP contribution in [-0.4, -0.2) is 26.2 Å². The summed E-state index contributed by atoms with van der Waals surface area (Å²) in [5, 5.41) is 4.64. The molecule has 9 heteroatoms. The highest BCUT2D eigenvalue weighted by atomic mass is 35.5. The van der Waals surface area contributed by atoms with Gasteiger partial charge in [-0.05, 0) is 42.3 Å². The first-order valence-electron chi connectivity index (χ1n) is 10.5. The number of aryl methyl sites for hydroxylation is 1. The molecule has 34 heavy (non-hydrogen) atoms. The number of carbonyl (C=O) groups is 1. The SMILES string of the molecule is Cc1ccc(NC(=O)CSc2nc3c(sc4ncccc43)c(=O)n2Cc2ccccc2)c(Cl)c1. The molecule has 0 unspecified atom stereocenters. The molecule has 0 bridgehead atoms. The number of hydrogen-bond acceptors (Lipinski definition) is 6. The van der Waals surface area contributed by atoms with Crippen LogP contribution in [0, 0.1) is 6.92 Å².